The highest BCUT2D eigenvalue weighted by atomic mass is 19.4. The van der Waals surface area contributed by atoms with Gasteiger partial charge in [-0.15, -0.1) is 0 Å². The van der Waals surface area contributed by atoms with E-state index in [0.717, 1.165) is 0 Å². The quantitative estimate of drug-likeness (QED) is 0.689. The minimum Gasteiger partial charge on any atom is -0.384 e. The molecule has 0 aliphatic carbocycles. The highest BCUT2D eigenvalue weighted by molar-refractivity contribution is 4.67. The summed E-state index contributed by atoms with van der Waals surface area (Å²) in [6, 6.07) is 0. The second kappa shape index (κ2) is 3.95. The summed E-state index contributed by atoms with van der Waals surface area (Å²) in [7, 11) is 0. The van der Waals surface area contributed by atoms with Gasteiger partial charge in [-0.2, -0.15) is 13.2 Å². The van der Waals surface area contributed by atoms with Gasteiger partial charge in [-0.05, 0) is 12.3 Å². The summed E-state index contributed by atoms with van der Waals surface area (Å²) >= 11 is 0. The Bertz CT molecular complexity index is 111. The number of aliphatic hydroxyl groups excluding tert-OH is 1. The Morgan fingerprint density at radius 1 is 1.36 bits per heavy atom. The van der Waals surface area contributed by atoms with Crippen LogP contribution in [0.5, 0.6) is 0 Å². The molecule has 0 aromatic rings. The maximum Gasteiger partial charge on any atom is 0.414 e. The standard InChI is InChI=1S/C7H13F3O/c1-3-5(2)4-6(11)7(8,9)10/h5-6,11H,3-4H2,1-2H3. The molecule has 0 rings (SSSR count). The van der Waals surface area contributed by atoms with Crippen LogP contribution >= 0.6 is 0 Å². The topological polar surface area (TPSA) is 20.2 Å². The van der Waals surface area contributed by atoms with Gasteiger partial charge in [-0.1, -0.05) is 20.3 Å². The highest BCUT2D eigenvalue weighted by Gasteiger charge is 2.38. The molecule has 1 nitrogen and oxygen atoms in total. The van der Waals surface area contributed by atoms with Crippen molar-refractivity contribution in [1.29, 1.82) is 0 Å². The molecular formula is C7H13F3O. The molecule has 0 bridgehead atoms. The van der Waals surface area contributed by atoms with Crippen molar-refractivity contribution in [2.24, 2.45) is 5.92 Å². The number of hydrogen-bond donors (Lipinski definition) is 1. The Kier molecular flexibility index (Phi) is 3.86. The van der Waals surface area contributed by atoms with Gasteiger partial charge in [0.05, 0.1) is 0 Å². The van der Waals surface area contributed by atoms with Crippen LogP contribution in [-0.4, -0.2) is 17.4 Å². The fourth-order valence-electron chi connectivity index (χ4n) is 0.681. The second-order valence-electron chi connectivity index (χ2n) is 2.81. The van der Waals surface area contributed by atoms with Gasteiger partial charge in [0.15, 0.2) is 0 Å². The summed E-state index contributed by atoms with van der Waals surface area (Å²) in [6.45, 7) is 3.49. The van der Waals surface area contributed by atoms with Crippen LogP contribution in [0.1, 0.15) is 26.7 Å². The van der Waals surface area contributed by atoms with E-state index in [2.05, 4.69) is 0 Å². The predicted molar refractivity (Wildman–Crippen MR) is 36.1 cm³/mol. The largest absolute Gasteiger partial charge is 0.414 e. The van der Waals surface area contributed by atoms with E-state index in [0.29, 0.717) is 6.42 Å². The third-order valence-corrected chi connectivity index (χ3v) is 1.70. The van der Waals surface area contributed by atoms with E-state index in [9.17, 15) is 13.2 Å². The molecule has 1 N–H and O–H groups in total. The highest BCUT2D eigenvalue weighted by Crippen LogP contribution is 2.25. The van der Waals surface area contributed by atoms with Crippen LogP contribution in [0.15, 0.2) is 0 Å². The van der Waals surface area contributed by atoms with Crippen LogP contribution in [0, 0.1) is 5.92 Å². The van der Waals surface area contributed by atoms with Crippen molar-refractivity contribution >= 4 is 0 Å². The lowest BCUT2D eigenvalue weighted by molar-refractivity contribution is -0.208. The van der Waals surface area contributed by atoms with Gasteiger partial charge in [0.2, 0.25) is 0 Å². The molecule has 0 spiro atoms. The Balaban J connectivity index is 3.77. The predicted octanol–water partition coefficient (Wildman–Crippen LogP) is 2.35. The fourth-order valence-corrected chi connectivity index (χ4v) is 0.681. The molecular weight excluding hydrogens is 157 g/mol. The van der Waals surface area contributed by atoms with Gasteiger partial charge >= 0.3 is 6.18 Å². The Morgan fingerprint density at radius 2 is 1.82 bits per heavy atom. The molecule has 2 atom stereocenters. The van der Waals surface area contributed by atoms with Gasteiger partial charge in [-0.3, -0.25) is 0 Å². The fraction of sp³-hybridized carbons (Fsp3) is 1.00. The van der Waals surface area contributed by atoms with Gasteiger partial charge in [0, 0.05) is 0 Å². The molecule has 0 saturated heterocycles. The lowest BCUT2D eigenvalue weighted by Gasteiger charge is -2.17. The Labute approximate surface area is 64.2 Å². The zero-order valence-electron chi connectivity index (χ0n) is 6.65. The zero-order chi connectivity index (χ0) is 9.07. The lowest BCUT2D eigenvalue weighted by atomic mass is 10.0. The number of hydrogen-bond acceptors (Lipinski definition) is 1. The SMILES string of the molecule is CCC(C)CC(O)C(F)(F)F. The molecule has 0 amide bonds. The molecule has 0 aromatic heterocycles. The van der Waals surface area contributed by atoms with Crippen molar-refractivity contribution in [1.82, 2.24) is 0 Å². The summed E-state index contributed by atoms with van der Waals surface area (Å²) < 4.78 is 35.1. The van der Waals surface area contributed by atoms with Crippen molar-refractivity contribution < 1.29 is 18.3 Å². The molecule has 0 radical (unpaired) electrons. The third-order valence-electron chi connectivity index (χ3n) is 1.70. The first-order valence-corrected chi connectivity index (χ1v) is 3.62. The van der Waals surface area contributed by atoms with Gasteiger partial charge < -0.3 is 5.11 Å². The average Bonchev–Trinajstić information content (AvgIpc) is 1.85. The molecule has 4 heteroatoms. The van der Waals surface area contributed by atoms with Crippen LogP contribution in [-0.2, 0) is 0 Å². The smallest absolute Gasteiger partial charge is 0.384 e. The van der Waals surface area contributed by atoms with E-state index >= 15 is 0 Å². The number of aliphatic hydroxyl groups is 1. The van der Waals surface area contributed by atoms with Crippen molar-refractivity contribution in [2.45, 2.75) is 39.0 Å². The maximum atomic E-state index is 11.7. The van der Waals surface area contributed by atoms with Gasteiger partial charge in [0.1, 0.15) is 6.10 Å². The summed E-state index contributed by atoms with van der Waals surface area (Å²) in [5.74, 6) is -0.0772. The van der Waals surface area contributed by atoms with Crippen LogP contribution in [0.4, 0.5) is 13.2 Å². The van der Waals surface area contributed by atoms with E-state index in [4.69, 9.17) is 5.11 Å². The lowest BCUT2D eigenvalue weighted by Crippen LogP contribution is -2.30. The van der Waals surface area contributed by atoms with Crippen molar-refractivity contribution in [3.63, 3.8) is 0 Å². The summed E-state index contributed by atoms with van der Waals surface area (Å²) in [5.41, 5.74) is 0. The first-order valence-electron chi connectivity index (χ1n) is 3.62. The van der Waals surface area contributed by atoms with Crippen molar-refractivity contribution in [2.75, 3.05) is 0 Å². The molecule has 68 valence electrons. The van der Waals surface area contributed by atoms with Crippen molar-refractivity contribution in [3.05, 3.63) is 0 Å². The van der Waals surface area contributed by atoms with Crippen LogP contribution in [0.3, 0.4) is 0 Å². The van der Waals surface area contributed by atoms with Gasteiger partial charge in [-0.25, -0.2) is 0 Å². The molecule has 0 aliphatic rings. The summed E-state index contributed by atoms with van der Waals surface area (Å²) in [5, 5.41) is 8.56. The van der Waals surface area contributed by atoms with Gasteiger partial charge in [0.25, 0.3) is 0 Å². The van der Waals surface area contributed by atoms with E-state index in [1.54, 1.807) is 13.8 Å². The van der Waals surface area contributed by atoms with Crippen LogP contribution in [0.25, 0.3) is 0 Å². The molecule has 11 heavy (non-hydrogen) atoms. The zero-order valence-corrected chi connectivity index (χ0v) is 6.65. The minimum absolute atomic E-state index is 0.0772. The number of rotatable bonds is 3. The van der Waals surface area contributed by atoms with E-state index in [1.807, 2.05) is 0 Å². The molecule has 0 saturated carbocycles. The van der Waals surface area contributed by atoms with E-state index in [1.165, 1.54) is 0 Å². The van der Waals surface area contributed by atoms with Crippen molar-refractivity contribution in [3.8, 4) is 0 Å². The second-order valence-corrected chi connectivity index (χ2v) is 2.81. The molecule has 2 unspecified atom stereocenters. The Morgan fingerprint density at radius 3 is 2.09 bits per heavy atom. The van der Waals surface area contributed by atoms with E-state index < -0.39 is 12.3 Å². The average molecular weight is 170 g/mol. The summed E-state index contributed by atoms with van der Waals surface area (Å²) in [4.78, 5) is 0. The van der Waals surface area contributed by atoms with Crippen LogP contribution in [0.2, 0.25) is 0 Å². The monoisotopic (exact) mass is 170 g/mol. The third kappa shape index (κ3) is 4.24. The maximum absolute atomic E-state index is 11.7. The molecule has 0 heterocycles. The summed E-state index contributed by atoms with van der Waals surface area (Å²) in [6.07, 6.45) is -6.14. The normalized spacial score (nSPS) is 18.0. The van der Waals surface area contributed by atoms with E-state index in [-0.39, 0.29) is 12.3 Å². The molecule has 0 aromatic carbocycles. The number of halogens is 3. The first-order chi connectivity index (χ1) is 4.88. The minimum atomic E-state index is -4.45. The first kappa shape index (κ1) is 10.8. The number of alkyl halides is 3. The Hall–Kier alpha value is -0.250. The van der Waals surface area contributed by atoms with Crippen LogP contribution < -0.4 is 0 Å². The molecule has 0 fully saturated rings. The molecule has 0 aliphatic heterocycles.